The van der Waals surface area contributed by atoms with Crippen LogP contribution in [-0.2, 0) is 11.8 Å². The van der Waals surface area contributed by atoms with Crippen molar-refractivity contribution in [3.63, 3.8) is 0 Å². The third-order valence-corrected chi connectivity index (χ3v) is 3.35. The van der Waals surface area contributed by atoms with Crippen LogP contribution in [0.3, 0.4) is 0 Å². The molecule has 0 saturated heterocycles. The number of aryl methyl sites for hydroxylation is 1. The SMILES string of the molecule is Cn1cc(C(=O)N2CC(=O)Nc3ccccc32)ccc1=O. The first kappa shape index (κ1) is 13.1. The Morgan fingerprint density at radius 1 is 1.14 bits per heavy atom. The van der Waals surface area contributed by atoms with Gasteiger partial charge in [-0.05, 0) is 18.2 Å². The monoisotopic (exact) mass is 283 g/mol. The molecule has 0 bridgehead atoms. The maximum absolute atomic E-state index is 12.6. The van der Waals surface area contributed by atoms with Gasteiger partial charge < -0.3 is 9.88 Å². The molecule has 0 atom stereocenters. The number of benzene rings is 1. The van der Waals surface area contributed by atoms with Gasteiger partial charge in [0.2, 0.25) is 11.5 Å². The number of anilines is 2. The lowest BCUT2D eigenvalue weighted by molar-refractivity contribution is -0.115. The molecule has 1 aliphatic rings. The Labute approximate surface area is 120 Å². The van der Waals surface area contributed by atoms with Crippen LogP contribution in [0.1, 0.15) is 10.4 Å². The summed E-state index contributed by atoms with van der Waals surface area (Å²) in [4.78, 5) is 37.1. The lowest BCUT2D eigenvalue weighted by Gasteiger charge is -2.29. The molecule has 0 saturated carbocycles. The number of nitrogens with zero attached hydrogens (tertiary/aromatic N) is 2. The van der Waals surface area contributed by atoms with Crippen LogP contribution in [0.2, 0.25) is 0 Å². The van der Waals surface area contributed by atoms with Crippen LogP contribution >= 0.6 is 0 Å². The first-order valence-corrected chi connectivity index (χ1v) is 6.44. The Kier molecular flexibility index (Phi) is 3.06. The zero-order valence-electron chi connectivity index (χ0n) is 11.4. The molecule has 6 heteroatoms. The molecule has 1 aromatic carbocycles. The average molecular weight is 283 g/mol. The maximum Gasteiger partial charge on any atom is 0.260 e. The second-order valence-corrected chi connectivity index (χ2v) is 4.82. The number of rotatable bonds is 1. The molecule has 1 aliphatic heterocycles. The topological polar surface area (TPSA) is 71.4 Å². The molecular weight excluding hydrogens is 270 g/mol. The summed E-state index contributed by atoms with van der Waals surface area (Å²) in [5.74, 6) is -0.556. The van der Waals surface area contributed by atoms with Crippen molar-refractivity contribution in [1.82, 2.24) is 4.57 Å². The van der Waals surface area contributed by atoms with Gasteiger partial charge in [-0.15, -0.1) is 0 Å². The van der Waals surface area contributed by atoms with Crippen molar-refractivity contribution in [3.8, 4) is 0 Å². The molecule has 3 rings (SSSR count). The second-order valence-electron chi connectivity index (χ2n) is 4.82. The Morgan fingerprint density at radius 3 is 2.67 bits per heavy atom. The fourth-order valence-corrected chi connectivity index (χ4v) is 2.29. The van der Waals surface area contributed by atoms with Crippen molar-refractivity contribution >= 4 is 23.2 Å². The second kappa shape index (κ2) is 4.90. The number of para-hydroxylation sites is 2. The molecule has 1 aromatic heterocycles. The van der Waals surface area contributed by atoms with Gasteiger partial charge in [-0.3, -0.25) is 19.3 Å². The number of pyridine rings is 1. The van der Waals surface area contributed by atoms with Crippen molar-refractivity contribution in [2.75, 3.05) is 16.8 Å². The summed E-state index contributed by atoms with van der Waals surface area (Å²) >= 11 is 0. The van der Waals surface area contributed by atoms with Gasteiger partial charge in [0.15, 0.2) is 0 Å². The highest BCUT2D eigenvalue weighted by Gasteiger charge is 2.27. The summed E-state index contributed by atoms with van der Waals surface area (Å²) in [5, 5.41) is 2.73. The standard InChI is InChI=1S/C15H13N3O3/c1-17-8-10(6-7-14(17)20)15(21)18-9-13(19)16-11-4-2-3-5-12(11)18/h2-8H,9H2,1H3,(H,16,19). The van der Waals surface area contributed by atoms with Gasteiger partial charge in [-0.25, -0.2) is 0 Å². The van der Waals surface area contributed by atoms with Crippen molar-refractivity contribution in [1.29, 1.82) is 0 Å². The van der Waals surface area contributed by atoms with E-state index in [1.807, 2.05) is 0 Å². The van der Waals surface area contributed by atoms with Gasteiger partial charge >= 0.3 is 0 Å². The molecule has 0 aliphatic carbocycles. The van der Waals surface area contributed by atoms with E-state index in [2.05, 4.69) is 5.32 Å². The third kappa shape index (κ3) is 2.31. The van der Waals surface area contributed by atoms with Crippen LogP contribution in [0.5, 0.6) is 0 Å². The number of hydrogen-bond donors (Lipinski definition) is 1. The van der Waals surface area contributed by atoms with Crippen molar-refractivity contribution in [3.05, 3.63) is 58.5 Å². The predicted molar refractivity (Wildman–Crippen MR) is 78.4 cm³/mol. The van der Waals surface area contributed by atoms with Gasteiger partial charge in [0.05, 0.1) is 16.9 Å². The summed E-state index contributed by atoms with van der Waals surface area (Å²) < 4.78 is 1.34. The van der Waals surface area contributed by atoms with Crippen LogP contribution in [0.15, 0.2) is 47.4 Å². The van der Waals surface area contributed by atoms with Gasteiger partial charge in [0.25, 0.3) is 5.91 Å². The number of fused-ring (bicyclic) bond motifs is 1. The fourth-order valence-electron chi connectivity index (χ4n) is 2.29. The van der Waals surface area contributed by atoms with Gasteiger partial charge in [-0.2, -0.15) is 0 Å². The molecule has 0 radical (unpaired) electrons. The highest BCUT2D eigenvalue weighted by molar-refractivity contribution is 6.15. The van der Waals surface area contributed by atoms with E-state index in [-0.39, 0.29) is 23.9 Å². The van der Waals surface area contributed by atoms with Crippen LogP contribution in [0, 0.1) is 0 Å². The largest absolute Gasteiger partial charge is 0.323 e. The van der Waals surface area contributed by atoms with E-state index < -0.39 is 0 Å². The predicted octanol–water partition coefficient (Wildman–Crippen LogP) is 0.984. The van der Waals surface area contributed by atoms with Crippen molar-refractivity contribution in [2.24, 2.45) is 7.05 Å². The first-order valence-electron chi connectivity index (χ1n) is 6.44. The van der Waals surface area contributed by atoms with Gasteiger partial charge in [-0.1, -0.05) is 12.1 Å². The minimum Gasteiger partial charge on any atom is -0.323 e. The van der Waals surface area contributed by atoms with Crippen LogP contribution < -0.4 is 15.8 Å². The van der Waals surface area contributed by atoms with Gasteiger partial charge in [0, 0.05) is 19.3 Å². The molecular formula is C15H13N3O3. The highest BCUT2D eigenvalue weighted by Crippen LogP contribution is 2.29. The quantitative estimate of drug-likeness (QED) is 0.848. The van der Waals surface area contributed by atoms with E-state index in [0.717, 1.165) is 0 Å². The molecule has 2 heterocycles. The molecule has 6 nitrogen and oxygen atoms in total. The van der Waals surface area contributed by atoms with E-state index in [1.54, 1.807) is 31.3 Å². The summed E-state index contributed by atoms with van der Waals surface area (Å²) in [5.41, 5.74) is 1.42. The Hall–Kier alpha value is -2.89. The summed E-state index contributed by atoms with van der Waals surface area (Å²) in [6.07, 6.45) is 1.47. The molecule has 0 spiro atoms. The summed E-state index contributed by atoms with van der Waals surface area (Å²) in [7, 11) is 1.58. The Morgan fingerprint density at radius 2 is 1.90 bits per heavy atom. The van der Waals surface area contributed by atoms with Gasteiger partial charge in [0.1, 0.15) is 6.54 Å². The molecule has 2 aromatic rings. The lowest BCUT2D eigenvalue weighted by Crippen LogP contribution is -2.42. The average Bonchev–Trinajstić information content (AvgIpc) is 2.48. The zero-order chi connectivity index (χ0) is 15.0. The number of carbonyl (C=O) groups is 2. The number of aromatic nitrogens is 1. The fraction of sp³-hybridized carbons (Fsp3) is 0.133. The summed E-state index contributed by atoms with van der Waals surface area (Å²) in [6, 6.07) is 9.92. The lowest BCUT2D eigenvalue weighted by atomic mass is 10.1. The van der Waals surface area contributed by atoms with E-state index in [0.29, 0.717) is 16.9 Å². The smallest absolute Gasteiger partial charge is 0.260 e. The van der Waals surface area contributed by atoms with Crippen molar-refractivity contribution in [2.45, 2.75) is 0 Å². The minimum atomic E-state index is -0.312. The molecule has 2 amide bonds. The van der Waals surface area contributed by atoms with Crippen LogP contribution in [-0.4, -0.2) is 22.9 Å². The number of hydrogen-bond acceptors (Lipinski definition) is 3. The molecule has 21 heavy (non-hydrogen) atoms. The van der Waals surface area contributed by atoms with Crippen LogP contribution in [0.25, 0.3) is 0 Å². The number of nitrogens with one attached hydrogen (secondary N) is 1. The summed E-state index contributed by atoms with van der Waals surface area (Å²) in [6.45, 7) is -0.0430. The number of amides is 2. The molecule has 0 fully saturated rings. The van der Waals surface area contributed by atoms with E-state index in [1.165, 1.54) is 27.8 Å². The van der Waals surface area contributed by atoms with Crippen molar-refractivity contribution < 1.29 is 9.59 Å². The number of carbonyl (C=O) groups excluding carboxylic acids is 2. The molecule has 106 valence electrons. The minimum absolute atomic E-state index is 0.0430. The Bertz CT molecular complexity index is 795. The normalized spacial score (nSPS) is 13.6. The van der Waals surface area contributed by atoms with E-state index in [4.69, 9.17) is 0 Å². The maximum atomic E-state index is 12.6. The third-order valence-electron chi connectivity index (χ3n) is 3.35. The van der Waals surface area contributed by atoms with E-state index in [9.17, 15) is 14.4 Å². The van der Waals surface area contributed by atoms with E-state index >= 15 is 0 Å². The highest BCUT2D eigenvalue weighted by atomic mass is 16.2. The molecule has 0 unspecified atom stereocenters. The van der Waals surface area contributed by atoms with Crippen LogP contribution in [0.4, 0.5) is 11.4 Å². The molecule has 1 N–H and O–H groups in total. The zero-order valence-corrected chi connectivity index (χ0v) is 11.4. The Balaban J connectivity index is 2.03. The first-order chi connectivity index (χ1) is 10.1.